The van der Waals surface area contributed by atoms with E-state index in [1.807, 2.05) is 0 Å². The summed E-state index contributed by atoms with van der Waals surface area (Å²) in [6, 6.07) is 4.22. The van der Waals surface area contributed by atoms with Crippen LogP contribution >= 0.6 is 15.9 Å². The summed E-state index contributed by atoms with van der Waals surface area (Å²) >= 11 is 3.53. The Balaban J connectivity index is 2.33. The highest BCUT2D eigenvalue weighted by Gasteiger charge is 2.31. The topological polar surface area (TPSA) is 29.5 Å². The molecule has 0 amide bonds. The average molecular weight is 285 g/mol. The first-order chi connectivity index (χ1) is 7.52. The van der Waals surface area contributed by atoms with E-state index in [9.17, 15) is 0 Å². The molecule has 0 aromatic heterocycles. The molecule has 3 heteroatoms. The number of fused-ring (bicyclic) bond motifs is 1. The van der Waals surface area contributed by atoms with Gasteiger partial charge in [-0.15, -0.1) is 0 Å². The summed E-state index contributed by atoms with van der Waals surface area (Å²) < 4.78 is 7.07. The van der Waals surface area contributed by atoms with Crippen LogP contribution in [0, 0.1) is 0 Å². The lowest BCUT2D eigenvalue weighted by Gasteiger charge is -2.18. The molecule has 0 saturated carbocycles. The number of rotatable bonds is 3. The minimum absolute atomic E-state index is 0.100. The normalized spacial score (nSPS) is 17.0. The first-order valence-corrected chi connectivity index (χ1v) is 6.42. The van der Waals surface area contributed by atoms with Crippen LogP contribution in [0.25, 0.3) is 0 Å². The lowest BCUT2D eigenvalue weighted by atomic mass is 9.99. The third-order valence-corrected chi connectivity index (χ3v) is 3.26. The highest BCUT2D eigenvalue weighted by atomic mass is 79.9. The summed E-state index contributed by atoms with van der Waals surface area (Å²) in [5, 5.41) is 8.90. The summed E-state index contributed by atoms with van der Waals surface area (Å²) in [7, 11) is 0. The monoisotopic (exact) mass is 284 g/mol. The predicted octanol–water partition coefficient (Wildman–Crippen LogP) is 3.09. The molecule has 1 aromatic carbocycles. The molecule has 0 radical (unpaired) electrons. The van der Waals surface area contributed by atoms with Crippen LogP contribution in [0.5, 0.6) is 5.75 Å². The van der Waals surface area contributed by atoms with Gasteiger partial charge >= 0.3 is 0 Å². The Morgan fingerprint density at radius 3 is 2.88 bits per heavy atom. The van der Waals surface area contributed by atoms with Crippen molar-refractivity contribution in [3.05, 3.63) is 27.7 Å². The van der Waals surface area contributed by atoms with Crippen LogP contribution in [0.4, 0.5) is 0 Å². The molecule has 2 nitrogen and oxygen atoms in total. The second kappa shape index (κ2) is 4.38. The number of aliphatic hydroxyl groups is 1. The fourth-order valence-electron chi connectivity index (χ4n) is 2.20. The number of ether oxygens (including phenoxy) is 1. The number of benzene rings is 1. The molecule has 0 atom stereocenters. The van der Waals surface area contributed by atoms with Gasteiger partial charge in [0.15, 0.2) is 0 Å². The van der Waals surface area contributed by atoms with Gasteiger partial charge in [-0.1, -0.05) is 15.9 Å². The summed E-state index contributed by atoms with van der Waals surface area (Å²) in [5.41, 5.74) is 2.37. The van der Waals surface area contributed by atoms with E-state index in [1.165, 1.54) is 11.1 Å². The zero-order valence-corrected chi connectivity index (χ0v) is 11.3. The minimum atomic E-state index is -0.100. The maximum atomic E-state index is 8.90. The summed E-state index contributed by atoms with van der Waals surface area (Å²) in [6.07, 6.45) is 2.61. The Morgan fingerprint density at radius 2 is 2.19 bits per heavy atom. The van der Waals surface area contributed by atoms with Crippen molar-refractivity contribution in [2.24, 2.45) is 0 Å². The van der Waals surface area contributed by atoms with Crippen molar-refractivity contribution in [2.75, 3.05) is 6.61 Å². The largest absolute Gasteiger partial charge is 0.487 e. The lowest BCUT2D eigenvalue weighted by molar-refractivity contribution is 0.137. The SMILES string of the molecule is CC1(C)Cc2cc(Br)cc(CCCO)c2O1. The molecule has 0 unspecified atom stereocenters. The average Bonchev–Trinajstić information content (AvgIpc) is 2.48. The number of aryl methyl sites for hydroxylation is 1. The Hall–Kier alpha value is -0.540. The molecule has 1 aliphatic rings. The van der Waals surface area contributed by atoms with E-state index in [4.69, 9.17) is 9.84 Å². The summed E-state index contributed by atoms with van der Waals surface area (Å²) in [5.74, 6) is 1.03. The maximum Gasteiger partial charge on any atom is 0.126 e. The van der Waals surface area contributed by atoms with Crippen molar-refractivity contribution in [3.63, 3.8) is 0 Å². The molecule has 88 valence electrons. The van der Waals surface area contributed by atoms with Crippen LogP contribution in [-0.4, -0.2) is 17.3 Å². The predicted molar refractivity (Wildman–Crippen MR) is 68.0 cm³/mol. The Kier molecular flexibility index (Phi) is 3.27. The number of aliphatic hydroxyl groups excluding tert-OH is 1. The standard InChI is InChI=1S/C13H17BrO2/c1-13(2)8-10-7-11(14)6-9(4-3-5-15)12(10)16-13/h6-7,15H,3-5,8H2,1-2H3. The van der Waals surface area contributed by atoms with Crippen molar-refractivity contribution >= 4 is 15.9 Å². The Labute approximate surface area is 105 Å². The lowest BCUT2D eigenvalue weighted by Crippen LogP contribution is -2.24. The van der Waals surface area contributed by atoms with Crippen molar-refractivity contribution in [3.8, 4) is 5.75 Å². The second-order valence-corrected chi connectivity index (χ2v) is 5.83. The van der Waals surface area contributed by atoms with Crippen molar-refractivity contribution in [1.29, 1.82) is 0 Å². The zero-order valence-electron chi connectivity index (χ0n) is 9.72. The number of halogens is 1. The fourth-order valence-corrected chi connectivity index (χ4v) is 2.75. The van der Waals surface area contributed by atoms with Crippen LogP contribution in [0.2, 0.25) is 0 Å². The highest BCUT2D eigenvalue weighted by molar-refractivity contribution is 9.10. The van der Waals surface area contributed by atoms with E-state index in [-0.39, 0.29) is 12.2 Å². The number of hydrogen-bond donors (Lipinski definition) is 1. The number of hydrogen-bond acceptors (Lipinski definition) is 2. The third kappa shape index (κ3) is 2.41. The molecule has 0 spiro atoms. The van der Waals surface area contributed by atoms with Gasteiger partial charge in [0.25, 0.3) is 0 Å². The molecule has 0 aliphatic carbocycles. The van der Waals surface area contributed by atoms with Gasteiger partial charge in [0, 0.05) is 17.5 Å². The molecule has 1 heterocycles. The fraction of sp³-hybridized carbons (Fsp3) is 0.538. The Bertz CT molecular complexity index is 399. The van der Waals surface area contributed by atoms with Gasteiger partial charge < -0.3 is 9.84 Å². The molecule has 2 rings (SSSR count). The van der Waals surface area contributed by atoms with Gasteiger partial charge in [-0.05, 0) is 49.9 Å². The quantitative estimate of drug-likeness (QED) is 0.924. The molecule has 0 bridgehead atoms. The van der Waals surface area contributed by atoms with Gasteiger partial charge in [0.05, 0.1) is 0 Å². The molecule has 0 fully saturated rings. The summed E-state index contributed by atoms with van der Waals surface area (Å²) in [6.45, 7) is 4.44. The second-order valence-electron chi connectivity index (χ2n) is 4.92. The van der Waals surface area contributed by atoms with E-state index in [0.717, 1.165) is 29.5 Å². The molecular formula is C13H17BrO2. The third-order valence-electron chi connectivity index (χ3n) is 2.81. The maximum absolute atomic E-state index is 8.90. The van der Waals surface area contributed by atoms with E-state index in [0.29, 0.717) is 0 Å². The highest BCUT2D eigenvalue weighted by Crippen LogP contribution is 2.40. The summed E-state index contributed by atoms with van der Waals surface area (Å²) in [4.78, 5) is 0. The molecule has 16 heavy (non-hydrogen) atoms. The molecule has 1 N–H and O–H groups in total. The van der Waals surface area contributed by atoms with Crippen molar-refractivity contribution < 1.29 is 9.84 Å². The van der Waals surface area contributed by atoms with Crippen LogP contribution in [0.15, 0.2) is 16.6 Å². The molecule has 1 aromatic rings. The van der Waals surface area contributed by atoms with Gasteiger partial charge in [-0.3, -0.25) is 0 Å². The van der Waals surface area contributed by atoms with E-state index >= 15 is 0 Å². The first kappa shape index (κ1) is 11.9. The molecule has 1 aliphatic heterocycles. The van der Waals surface area contributed by atoms with Crippen molar-refractivity contribution in [2.45, 2.75) is 38.7 Å². The van der Waals surface area contributed by atoms with E-state index < -0.39 is 0 Å². The smallest absolute Gasteiger partial charge is 0.126 e. The zero-order chi connectivity index (χ0) is 11.8. The Morgan fingerprint density at radius 1 is 1.44 bits per heavy atom. The van der Waals surface area contributed by atoms with E-state index in [2.05, 4.69) is 41.9 Å². The van der Waals surface area contributed by atoms with Gasteiger partial charge in [-0.25, -0.2) is 0 Å². The van der Waals surface area contributed by atoms with Crippen LogP contribution in [-0.2, 0) is 12.8 Å². The van der Waals surface area contributed by atoms with Crippen LogP contribution in [0.3, 0.4) is 0 Å². The molecular weight excluding hydrogens is 268 g/mol. The molecule has 0 saturated heterocycles. The minimum Gasteiger partial charge on any atom is -0.487 e. The van der Waals surface area contributed by atoms with Crippen LogP contribution < -0.4 is 4.74 Å². The first-order valence-electron chi connectivity index (χ1n) is 5.63. The van der Waals surface area contributed by atoms with E-state index in [1.54, 1.807) is 0 Å². The van der Waals surface area contributed by atoms with Gasteiger partial charge in [0.2, 0.25) is 0 Å². The van der Waals surface area contributed by atoms with Gasteiger partial charge in [0.1, 0.15) is 11.4 Å². The van der Waals surface area contributed by atoms with Gasteiger partial charge in [-0.2, -0.15) is 0 Å². The van der Waals surface area contributed by atoms with Crippen molar-refractivity contribution in [1.82, 2.24) is 0 Å². The van der Waals surface area contributed by atoms with Crippen LogP contribution in [0.1, 0.15) is 31.4 Å².